The lowest BCUT2D eigenvalue weighted by Crippen LogP contribution is -1.78. The number of rotatable bonds is 1. The van der Waals surface area contributed by atoms with Crippen LogP contribution in [0.5, 0.6) is 0 Å². The third kappa shape index (κ3) is 4.38. The van der Waals surface area contributed by atoms with Crippen molar-refractivity contribution in [1.29, 1.82) is 0 Å². The van der Waals surface area contributed by atoms with Crippen molar-refractivity contribution in [3.63, 3.8) is 0 Å². The number of hydrogen-bond acceptors (Lipinski definition) is 0. The zero-order valence-electron chi connectivity index (χ0n) is 17.0. The van der Waals surface area contributed by atoms with Crippen LogP contribution in [0.15, 0.2) is 132 Å². The van der Waals surface area contributed by atoms with Crippen molar-refractivity contribution in [2.75, 3.05) is 0 Å². The van der Waals surface area contributed by atoms with Gasteiger partial charge in [0.1, 0.15) is 0 Å². The molecule has 0 atom stereocenters. The molecule has 6 aromatic rings. The van der Waals surface area contributed by atoms with Gasteiger partial charge in [-0.3, -0.25) is 0 Å². The maximum atomic E-state index is 3.46. The summed E-state index contributed by atoms with van der Waals surface area (Å²) in [5, 5.41) is 7.82. The van der Waals surface area contributed by atoms with Crippen LogP contribution in [0.1, 0.15) is 0 Å². The van der Waals surface area contributed by atoms with E-state index in [-0.39, 0.29) is 0 Å². The summed E-state index contributed by atoms with van der Waals surface area (Å²) in [7, 11) is 0. The largest absolute Gasteiger partial charge is 0.0616 e. The van der Waals surface area contributed by atoms with Gasteiger partial charge >= 0.3 is 0 Å². The molecule has 0 spiro atoms. The Bertz CT molecular complexity index is 1370. The predicted molar refractivity (Wildman–Crippen MR) is 139 cm³/mol. The Morgan fingerprint density at radius 3 is 1.19 bits per heavy atom. The molecule has 0 saturated heterocycles. The zero-order chi connectivity index (χ0) is 21.0. The molecule has 0 aliphatic carbocycles. The fourth-order valence-corrected chi connectivity index (χ4v) is 4.16. The van der Waals surface area contributed by atoms with Gasteiger partial charge in [0.25, 0.3) is 0 Å². The average Bonchev–Trinajstić information content (AvgIpc) is 2.83. The van der Waals surface area contributed by atoms with Crippen molar-refractivity contribution in [3.8, 4) is 11.1 Å². The second kappa shape index (κ2) is 8.75. The molecular weight excluding hydrogens is 440 g/mol. The lowest BCUT2D eigenvalue weighted by Gasteiger charge is -2.04. The molecule has 148 valence electrons. The topological polar surface area (TPSA) is 0 Å². The second-order valence-corrected chi connectivity index (χ2v) is 8.53. The molecule has 31 heavy (non-hydrogen) atoms. The van der Waals surface area contributed by atoms with Gasteiger partial charge in [-0.1, -0.05) is 113 Å². The minimum absolute atomic E-state index is 1.11. The molecule has 0 nitrogen and oxygen atoms in total. The molecule has 0 saturated carbocycles. The van der Waals surface area contributed by atoms with Gasteiger partial charge in [0.05, 0.1) is 0 Å². The van der Waals surface area contributed by atoms with Gasteiger partial charge in [-0.15, -0.1) is 0 Å². The highest BCUT2D eigenvalue weighted by atomic mass is 79.9. The molecule has 0 fully saturated rings. The van der Waals surface area contributed by atoms with Crippen molar-refractivity contribution in [3.05, 3.63) is 132 Å². The molecule has 0 amide bonds. The zero-order valence-corrected chi connectivity index (χ0v) is 18.6. The highest BCUT2D eigenvalue weighted by Crippen LogP contribution is 2.25. The van der Waals surface area contributed by atoms with Crippen LogP contribution in [0, 0.1) is 0 Å². The Morgan fingerprint density at radius 2 is 0.710 bits per heavy atom. The Labute approximate surface area is 190 Å². The quantitative estimate of drug-likeness (QED) is 0.214. The SMILES string of the molecule is Brc1ccc(-c2ccc3ccccc3c2)cc1.c1ccc2cc3ccccc3cc2c1. The van der Waals surface area contributed by atoms with Crippen LogP contribution in [0.3, 0.4) is 0 Å². The smallest absolute Gasteiger partial charge is 0.0175 e. The van der Waals surface area contributed by atoms with Crippen molar-refractivity contribution in [1.82, 2.24) is 0 Å². The third-order valence-electron chi connectivity index (χ3n) is 5.54. The van der Waals surface area contributed by atoms with Gasteiger partial charge in [-0.05, 0) is 73.8 Å². The van der Waals surface area contributed by atoms with E-state index in [2.05, 4.69) is 143 Å². The number of hydrogen-bond donors (Lipinski definition) is 0. The molecule has 0 aliphatic heterocycles. The summed E-state index contributed by atoms with van der Waals surface area (Å²) in [4.78, 5) is 0. The van der Waals surface area contributed by atoms with Gasteiger partial charge < -0.3 is 0 Å². The van der Waals surface area contributed by atoms with Crippen molar-refractivity contribution < 1.29 is 0 Å². The van der Waals surface area contributed by atoms with E-state index in [0.29, 0.717) is 0 Å². The van der Waals surface area contributed by atoms with E-state index < -0.39 is 0 Å². The Kier molecular flexibility index (Phi) is 5.52. The first-order valence-corrected chi connectivity index (χ1v) is 11.2. The molecule has 0 bridgehead atoms. The number of halogens is 1. The summed E-state index contributed by atoms with van der Waals surface area (Å²) in [6, 6.07) is 44.9. The Hall–Kier alpha value is -3.42. The van der Waals surface area contributed by atoms with Gasteiger partial charge in [0, 0.05) is 4.47 Å². The third-order valence-corrected chi connectivity index (χ3v) is 6.07. The van der Waals surface area contributed by atoms with Crippen molar-refractivity contribution in [2.24, 2.45) is 0 Å². The minimum Gasteiger partial charge on any atom is -0.0616 e. The molecule has 0 aromatic heterocycles. The van der Waals surface area contributed by atoms with Crippen LogP contribution in [-0.2, 0) is 0 Å². The molecule has 0 N–H and O–H groups in total. The second-order valence-electron chi connectivity index (χ2n) is 7.62. The van der Waals surface area contributed by atoms with Crippen LogP contribution in [-0.4, -0.2) is 0 Å². The van der Waals surface area contributed by atoms with E-state index >= 15 is 0 Å². The summed E-state index contributed by atoms with van der Waals surface area (Å²) in [5.74, 6) is 0. The van der Waals surface area contributed by atoms with Crippen molar-refractivity contribution >= 4 is 48.2 Å². The molecule has 6 rings (SSSR count). The normalized spacial score (nSPS) is 10.7. The average molecular weight is 461 g/mol. The Balaban J connectivity index is 0.000000134. The maximum absolute atomic E-state index is 3.46. The van der Waals surface area contributed by atoms with E-state index in [4.69, 9.17) is 0 Å². The maximum Gasteiger partial charge on any atom is 0.0175 e. The standard InChI is InChI=1S/C16H11Br.C14H10/c17-16-9-7-13(8-10-16)15-6-5-12-3-1-2-4-14(12)11-15;1-2-6-12-10-14-8-4-3-7-13(14)9-11(12)5-1/h1-11H;1-10H. The van der Waals surface area contributed by atoms with E-state index in [1.807, 2.05) is 0 Å². The van der Waals surface area contributed by atoms with Crippen LogP contribution in [0.4, 0.5) is 0 Å². The highest BCUT2D eigenvalue weighted by molar-refractivity contribution is 9.10. The fraction of sp³-hybridized carbons (Fsp3) is 0. The summed E-state index contributed by atoms with van der Waals surface area (Å²) in [6.45, 7) is 0. The molecule has 0 radical (unpaired) electrons. The predicted octanol–water partition coefficient (Wildman–Crippen LogP) is 9.26. The fourth-order valence-electron chi connectivity index (χ4n) is 3.89. The lowest BCUT2D eigenvalue weighted by molar-refractivity contribution is 1.61. The van der Waals surface area contributed by atoms with Gasteiger partial charge in [0.2, 0.25) is 0 Å². The number of benzene rings is 6. The monoisotopic (exact) mass is 460 g/mol. The van der Waals surface area contributed by atoms with E-state index in [1.165, 1.54) is 43.4 Å². The highest BCUT2D eigenvalue weighted by Gasteiger charge is 1.99. The lowest BCUT2D eigenvalue weighted by atomic mass is 10.0. The summed E-state index contributed by atoms with van der Waals surface area (Å²) < 4.78 is 1.11. The molecule has 0 heterocycles. The molecule has 1 heteroatoms. The Morgan fingerprint density at radius 1 is 0.323 bits per heavy atom. The van der Waals surface area contributed by atoms with Crippen LogP contribution < -0.4 is 0 Å². The molecule has 0 unspecified atom stereocenters. The van der Waals surface area contributed by atoms with Crippen molar-refractivity contribution in [2.45, 2.75) is 0 Å². The molecule has 6 aromatic carbocycles. The first-order chi connectivity index (χ1) is 15.3. The van der Waals surface area contributed by atoms with Gasteiger partial charge in [-0.25, -0.2) is 0 Å². The van der Waals surface area contributed by atoms with Gasteiger partial charge in [0.15, 0.2) is 0 Å². The minimum atomic E-state index is 1.11. The first kappa shape index (κ1) is 19.5. The first-order valence-electron chi connectivity index (χ1n) is 10.4. The summed E-state index contributed by atoms with van der Waals surface area (Å²) in [5.41, 5.74) is 2.51. The molecule has 0 aliphatic rings. The van der Waals surface area contributed by atoms with Gasteiger partial charge in [-0.2, -0.15) is 0 Å². The van der Waals surface area contributed by atoms with E-state index in [0.717, 1.165) is 4.47 Å². The summed E-state index contributed by atoms with van der Waals surface area (Å²) >= 11 is 3.46. The van der Waals surface area contributed by atoms with Crippen LogP contribution in [0.2, 0.25) is 0 Å². The van der Waals surface area contributed by atoms with Crippen LogP contribution >= 0.6 is 15.9 Å². The summed E-state index contributed by atoms with van der Waals surface area (Å²) in [6.07, 6.45) is 0. The van der Waals surface area contributed by atoms with E-state index in [9.17, 15) is 0 Å². The molecular formula is C30H21Br. The van der Waals surface area contributed by atoms with E-state index in [1.54, 1.807) is 0 Å². The van der Waals surface area contributed by atoms with Crippen LogP contribution in [0.25, 0.3) is 43.4 Å². The number of fused-ring (bicyclic) bond motifs is 3.